The zero-order chi connectivity index (χ0) is 14.4. The molecule has 0 bridgehead atoms. The zero-order valence-corrected chi connectivity index (χ0v) is 13.4. The van der Waals surface area contributed by atoms with Gasteiger partial charge < -0.3 is 4.90 Å². The Morgan fingerprint density at radius 2 is 1.95 bits per heavy atom. The number of aryl methyl sites for hydroxylation is 1. The molecule has 0 aliphatic rings. The summed E-state index contributed by atoms with van der Waals surface area (Å²) >= 11 is 1.85. The van der Waals surface area contributed by atoms with Crippen LogP contribution < -0.4 is 0 Å². The van der Waals surface area contributed by atoms with Crippen LogP contribution >= 0.6 is 11.3 Å². The summed E-state index contributed by atoms with van der Waals surface area (Å²) in [6.07, 6.45) is 1.87. The first kappa shape index (κ1) is 15.2. The van der Waals surface area contributed by atoms with Crippen LogP contribution in [0.4, 0.5) is 0 Å². The highest BCUT2D eigenvalue weighted by molar-refractivity contribution is 7.10. The molecule has 0 amide bonds. The van der Waals surface area contributed by atoms with E-state index in [0.29, 0.717) is 0 Å². The van der Waals surface area contributed by atoms with E-state index in [4.69, 9.17) is 0 Å². The molecule has 2 heterocycles. The van der Waals surface area contributed by atoms with Crippen molar-refractivity contribution in [2.75, 3.05) is 27.2 Å². The van der Waals surface area contributed by atoms with Crippen LogP contribution in [0.25, 0.3) is 0 Å². The third kappa shape index (κ3) is 4.71. The second kappa shape index (κ2) is 7.53. The van der Waals surface area contributed by atoms with Crippen LogP contribution in [-0.2, 0) is 13.1 Å². The second-order valence-electron chi connectivity index (χ2n) is 5.36. The predicted octanol–water partition coefficient (Wildman–Crippen LogP) is 3.02. The second-order valence-corrected chi connectivity index (χ2v) is 6.36. The van der Waals surface area contributed by atoms with E-state index >= 15 is 0 Å². The summed E-state index contributed by atoms with van der Waals surface area (Å²) in [5, 5.41) is 2.18. The first-order valence-corrected chi connectivity index (χ1v) is 7.83. The van der Waals surface area contributed by atoms with Crippen LogP contribution in [0.3, 0.4) is 0 Å². The van der Waals surface area contributed by atoms with Crippen molar-refractivity contribution >= 4 is 11.3 Å². The number of rotatable bonds is 7. The van der Waals surface area contributed by atoms with Gasteiger partial charge in [-0.05, 0) is 50.2 Å². The summed E-state index contributed by atoms with van der Waals surface area (Å²) in [6, 6.07) is 8.33. The van der Waals surface area contributed by atoms with Crippen molar-refractivity contribution in [2.45, 2.75) is 20.0 Å². The highest BCUT2D eigenvalue weighted by Crippen LogP contribution is 2.18. The molecule has 0 unspecified atom stereocenters. The molecule has 2 aromatic heterocycles. The van der Waals surface area contributed by atoms with E-state index in [-0.39, 0.29) is 0 Å². The Morgan fingerprint density at radius 3 is 2.55 bits per heavy atom. The van der Waals surface area contributed by atoms with Crippen molar-refractivity contribution in [3.8, 4) is 0 Å². The van der Waals surface area contributed by atoms with E-state index in [2.05, 4.69) is 59.4 Å². The summed E-state index contributed by atoms with van der Waals surface area (Å²) in [6.45, 7) is 6.23. The minimum absolute atomic E-state index is 0.909. The summed E-state index contributed by atoms with van der Waals surface area (Å²) in [7, 11) is 4.24. The molecule has 0 aromatic carbocycles. The highest BCUT2D eigenvalue weighted by atomic mass is 32.1. The first-order valence-electron chi connectivity index (χ1n) is 6.95. The van der Waals surface area contributed by atoms with E-state index in [0.717, 1.165) is 31.9 Å². The Bertz CT molecular complexity index is 507. The van der Waals surface area contributed by atoms with Crippen molar-refractivity contribution in [1.29, 1.82) is 0 Å². The monoisotopic (exact) mass is 289 g/mol. The fraction of sp³-hybridized carbons (Fsp3) is 0.438. The number of nitrogens with zero attached hydrogens (tertiary/aromatic N) is 3. The molecule has 0 aliphatic carbocycles. The minimum atomic E-state index is 0.909. The molecule has 0 fully saturated rings. The summed E-state index contributed by atoms with van der Waals surface area (Å²) < 4.78 is 0. The molecule has 0 aliphatic heterocycles. The molecule has 3 nitrogen and oxygen atoms in total. The van der Waals surface area contributed by atoms with Gasteiger partial charge in [0, 0.05) is 37.3 Å². The van der Waals surface area contributed by atoms with E-state index in [1.54, 1.807) is 0 Å². The Morgan fingerprint density at radius 1 is 1.10 bits per heavy atom. The lowest BCUT2D eigenvalue weighted by atomic mass is 10.2. The number of likely N-dealkylation sites (N-methyl/N-ethyl adjacent to an activating group) is 1. The van der Waals surface area contributed by atoms with Crippen molar-refractivity contribution in [2.24, 2.45) is 0 Å². The van der Waals surface area contributed by atoms with E-state index in [1.165, 1.54) is 10.4 Å². The number of hydrogen-bond donors (Lipinski definition) is 0. The molecule has 2 aromatic rings. The van der Waals surface area contributed by atoms with Gasteiger partial charge in [-0.1, -0.05) is 6.07 Å². The van der Waals surface area contributed by atoms with Gasteiger partial charge in [0.1, 0.15) is 0 Å². The molecule has 0 radical (unpaired) electrons. The maximum Gasteiger partial charge on any atom is 0.0544 e. The third-order valence-corrected chi connectivity index (χ3v) is 4.32. The fourth-order valence-electron chi connectivity index (χ4n) is 2.05. The molecule has 0 saturated carbocycles. The van der Waals surface area contributed by atoms with Crippen molar-refractivity contribution in [3.05, 3.63) is 52.0 Å². The minimum Gasteiger partial charge on any atom is -0.308 e. The molecule has 2 rings (SSSR count). The van der Waals surface area contributed by atoms with Crippen LogP contribution in [0.1, 0.15) is 16.1 Å². The molecule has 20 heavy (non-hydrogen) atoms. The summed E-state index contributed by atoms with van der Waals surface area (Å²) in [5.41, 5.74) is 2.53. The standard InChI is InChI=1S/C16H23N3S/c1-14-7-11-20-16(14)13-19(10-9-18(2)3)12-15-6-4-5-8-17-15/h4-8,11H,9-10,12-13H2,1-3H3. The van der Waals surface area contributed by atoms with Crippen LogP contribution in [-0.4, -0.2) is 42.0 Å². The Hall–Kier alpha value is -1.23. The van der Waals surface area contributed by atoms with Gasteiger partial charge in [-0.25, -0.2) is 0 Å². The molecule has 4 heteroatoms. The van der Waals surface area contributed by atoms with Gasteiger partial charge in [-0.15, -0.1) is 11.3 Å². The zero-order valence-electron chi connectivity index (χ0n) is 12.5. The molecule has 0 atom stereocenters. The molecule has 108 valence electrons. The molecule has 0 saturated heterocycles. The number of hydrogen-bond acceptors (Lipinski definition) is 4. The van der Waals surface area contributed by atoms with Crippen LogP contribution in [0, 0.1) is 6.92 Å². The molecule has 0 spiro atoms. The van der Waals surface area contributed by atoms with Crippen molar-refractivity contribution < 1.29 is 0 Å². The maximum absolute atomic E-state index is 4.45. The van der Waals surface area contributed by atoms with Gasteiger partial charge in [0.15, 0.2) is 0 Å². The Labute approximate surface area is 125 Å². The highest BCUT2D eigenvalue weighted by Gasteiger charge is 2.10. The van der Waals surface area contributed by atoms with Gasteiger partial charge in [0.05, 0.1) is 5.69 Å². The van der Waals surface area contributed by atoms with Crippen LogP contribution in [0.5, 0.6) is 0 Å². The maximum atomic E-state index is 4.45. The molecule has 0 N–H and O–H groups in total. The van der Waals surface area contributed by atoms with E-state index in [1.807, 2.05) is 23.6 Å². The first-order chi connectivity index (χ1) is 9.65. The quantitative estimate of drug-likeness (QED) is 0.781. The largest absolute Gasteiger partial charge is 0.308 e. The molecular weight excluding hydrogens is 266 g/mol. The van der Waals surface area contributed by atoms with Crippen LogP contribution in [0.15, 0.2) is 35.8 Å². The normalized spacial score (nSPS) is 11.4. The summed E-state index contributed by atoms with van der Waals surface area (Å²) in [4.78, 5) is 10.6. The number of pyridine rings is 1. The fourth-order valence-corrected chi connectivity index (χ4v) is 2.99. The predicted molar refractivity (Wildman–Crippen MR) is 86.0 cm³/mol. The number of thiophene rings is 1. The third-order valence-electron chi connectivity index (χ3n) is 3.31. The summed E-state index contributed by atoms with van der Waals surface area (Å²) in [5.74, 6) is 0. The smallest absolute Gasteiger partial charge is 0.0544 e. The Balaban J connectivity index is 2.02. The van der Waals surface area contributed by atoms with Gasteiger partial charge in [-0.3, -0.25) is 9.88 Å². The topological polar surface area (TPSA) is 19.4 Å². The van der Waals surface area contributed by atoms with Crippen molar-refractivity contribution in [3.63, 3.8) is 0 Å². The van der Waals surface area contributed by atoms with Gasteiger partial charge in [0.25, 0.3) is 0 Å². The van der Waals surface area contributed by atoms with Gasteiger partial charge in [0.2, 0.25) is 0 Å². The van der Waals surface area contributed by atoms with Gasteiger partial charge >= 0.3 is 0 Å². The molecular formula is C16H23N3S. The average Bonchev–Trinajstić information content (AvgIpc) is 2.83. The van der Waals surface area contributed by atoms with Crippen molar-refractivity contribution in [1.82, 2.24) is 14.8 Å². The average molecular weight is 289 g/mol. The lowest BCUT2D eigenvalue weighted by Gasteiger charge is -2.23. The lowest BCUT2D eigenvalue weighted by molar-refractivity contribution is 0.225. The Kier molecular flexibility index (Phi) is 5.71. The van der Waals surface area contributed by atoms with E-state index in [9.17, 15) is 0 Å². The lowest BCUT2D eigenvalue weighted by Crippen LogP contribution is -2.31. The van der Waals surface area contributed by atoms with Crippen LogP contribution in [0.2, 0.25) is 0 Å². The van der Waals surface area contributed by atoms with E-state index < -0.39 is 0 Å². The number of aromatic nitrogens is 1. The SMILES string of the molecule is Cc1ccsc1CN(CCN(C)C)Cc1ccccn1. The van der Waals surface area contributed by atoms with Gasteiger partial charge in [-0.2, -0.15) is 0 Å².